The third-order valence-electron chi connectivity index (χ3n) is 6.20. The van der Waals surface area contributed by atoms with Crippen molar-refractivity contribution in [3.05, 3.63) is 41.2 Å². The maximum atomic E-state index is 13.7. The van der Waals surface area contributed by atoms with Gasteiger partial charge in [0.25, 0.3) is 5.91 Å². The molecule has 1 aromatic carbocycles. The molecule has 0 bridgehead atoms. The van der Waals surface area contributed by atoms with Gasteiger partial charge in [0.15, 0.2) is 15.7 Å². The van der Waals surface area contributed by atoms with Crippen molar-refractivity contribution >= 4 is 50.3 Å². The highest BCUT2D eigenvalue weighted by Gasteiger charge is 2.48. The number of sulfone groups is 1. The molecule has 1 aliphatic heterocycles. The molecular formula is C23H24ClN7O4S. The first-order chi connectivity index (χ1) is 16.8. The van der Waals surface area contributed by atoms with Crippen LogP contribution in [0.4, 0.5) is 11.5 Å². The Labute approximate surface area is 213 Å². The van der Waals surface area contributed by atoms with Gasteiger partial charge >= 0.3 is 0 Å². The van der Waals surface area contributed by atoms with Crippen LogP contribution in [0.2, 0.25) is 5.02 Å². The number of halogens is 1. The highest BCUT2D eigenvalue weighted by molar-refractivity contribution is 7.91. The van der Waals surface area contributed by atoms with Gasteiger partial charge in [-0.25, -0.2) is 17.9 Å². The number of nitrogens with zero attached hydrogens (tertiary/aromatic N) is 6. The first-order valence-corrected chi connectivity index (χ1v) is 13.3. The van der Waals surface area contributed by atoms with Crippen LogP contribution in [-0.2, 0) is 19.4 Å². The normalized spacial score (nSPS) is 17.9. The number of nitrogen functional groups attached to an aromatic ring is 1. The third kappa shape index (κ3) is 4.25. The van der Waals surface area contributed by atoms with Gasteiger partial charge in [0.1, 0.15) is 29.2 Å². The lowest BCUT2D eigenvalue weighted by molar-refractivity contribution is -0.146. The Balaban J connectivity index is 1.80. The van der Waals surface area contributed by atoms with E-state index in [-0.39, 0.29) is 17.9 Å². The van der Waals surface area contributed by atoms with E-state index < -0.39 is 39.0 Å². The number of hydrogen-bond donors (Lipinski definition) is 1. The standard InChI is InChI=1S/C23H24ClN7O4S/c1-13-10-29(19(32)11-36(4,34)35)23(2,3)22(33)30(13)17-7-14(5-6-15(17)9-25)18-8-16(24)20-21(26)27-12-28-31(18)20/h5-8,12-13H,10-11H2,1-4H3,(H2,26,27,28). The molecule has 11 nitrogen and oxygen atoms in total. The summed E-state index contributed by atoms with van der Waals surface area (Å²) in [6.07, 6.45) is 2.27. The van der Waals surface area contributed by atoms with Crippen LogP contribution in [0.1, 0.15) is 26.3 Å². The van der Waals surface area contributed by atoms with Crippen molar-refractivity contribution in [2.24, 2.45) is 0 Å². The summed E-state index contributed by atoms with van der Waals surface area (Å²) in [5, 5.41) is 14.4. The Morgan fingerprint density at radius 3 is 2.67 bits per heavy atom. The number of aromatic nitrogens is 3. The summed E-state index contributed by atoms with van der Waals surface area (Å²) in [4.78, 5) is 33.2. The first kappa shape index (κ1) is 25.4. The van der Waals surface area contributed by atoms with Crippen molar-refractivity contribution in [2.75, 3.05) is 29.2 Å². The highest BCUT2D eigenvalue weighted by atomic mass is 35.5. The summed E-state index contributed by atoms with van der Waals surface area (Å²) >= 11 is 6.38. The van der Waals surface area contributed by atoms with Crippen LogP contribution in [0, 0.1) is 11.3 Å². The number of hydrogen-bond acceptors (Lipinski definition) is 8. The SMILES string of the molecule is CC1CN(C(=O)CS(C)(=O)=O)C(C)(C)C(=O)N1c1cc(-c2cc(Cl)c3c(N)ncnn23)ccc1C#N. The van der Waals surface area contributed by atoms with E-state index in [1.54, 1.807) is 45.0 Å². The molecule has 3 aromatic rings. The van der Waals surface area contributed by atoms with Gasteiger partial charge in [-0.3, -0.25) is 9.59 Å². The molecule has 2 amide bonds. The van der Waals surface area contributed by atoms with Gasteiger partial charge in [0.05, 0.1) is 28.0 Å². The number of carbonyl (C=O) groups excluding carboxylic acids is 2. The zero-order chi connectivity index (χ0) is 26.6. The Bertz CT molecular complexity index is 1560. The Hall–Kier alpha value is -3.69. The number of nitrogens with two attached hydrogens (primary N) is 1. The van der Waals surface area contributed by atoms with Crippen LogP contribution in [0.5, 0.6) is 0 Å². The van der Waals surface area contributed by atoms with Crippen molar-refractivity contribution < 1.29 is 18.0 Å². The summed E-state index contributed by atoms with van der Waals surface area (Å²) in [7, 11) is -3.58. The largest absolute Gasteiger partial charge is 0.382 e. The van der Waals surface area contributed by atoms with Crippen LogP contribution >= 0.6 is 11.6 Å². The molecule has 36 heavy (non-hydrogen) atoms. The zero-order valence-corrected chi connectivity index (χ0v) is 21.6. The molecule has 188 valence electrons. The van der Waals surface area contributed by atoms with Gasteiger partial charge in [-0.1, -0.05) is 17.7 Å². The number of anilines is 2. The molecule has 0 spiro atoms. The average molecular weight is 530 g/mol. The Morgan fingerprint density at radius 2 is 2.03 bits per heavy atom. The van der Waals surface area contributed by atoms with Gasteiger partial charge in [-0.05, 0) is 39.0 Å². The fourth-order valence-electron chi connectivity index (χ4n) is 4.46. The number of carbonyl (C=O) groups is 2. The highest BCUT2D eigenvalue weighted by Crippen LogP contribution is 2.37. The fourth-order valence-corrected chi connectivity index (χ4v) is 5.34. The minimum Gasteiger partial charge on any atom is -0.382 e. The molecule has 2 aromatic heterocycles. The molecule has 3 heterocycles. The van der Waals surface area contributed by atoms with Gasteiger partial charge in [0.2, 0.25) is 5.91 Å². The maximum Gasteiger partial charge on any atom is 0.252 e. The molecule has 1 atom stereocenters. The molecule has 0 saturated carbocycles. The van der Waals surface area contributed by atoms with Gasteiger partial charge in [0, 0.05) is 18.4 Å². The summed E-state index contributed by atoms with van der Waals surface area (Å²) in [6, 6.07) is 8.25. The molecule has 1 unspecified atom stereocenters. The quantitative estimate of drug-likeness (QED) is 0.537. The number of nitriles is 1. The minimum atomic E-state index is -3.58. The van der Waals surface area contributed by atoms with Crippen LogP contribution in [-0.4, -0.2) is 69.9 Å². The van der Waals surface area contributed by atoms with Gasteiger partial charge in [-0.2, -0.15) is 10.4 Å². The fraction of sp³-hybridized carbons (Fsp3) is 0.348. The number of fused-ring (bicyclic) bond motifs is 1. The summed E-state index contributed by atoms with van der Waals surface area (Å²) in [5.74, 6) is -1.58. The van der Waals surface area contributed by atoms with Crippen molar-refractivity contribution in [2.45, 2.75) is 32.4 Å². The summed E-state index contributed by atoms with van der Waals surface area (Å²) in [5.41, 5.74) is 6.86. The van der Waals surface area contributed by atoms with Crippen molar-refractivity contribution in [3.63, 3.8) is 0 Å². The lowest BCUT2D eigenvalue weighted by Crippen LogP contribution is -2.68. The molecule has 1 fully saturated rings. The number of amides is 2. The maximum absolute atomic E-state index is 13.7. The smallest absolute Gasteiger partial charge is 0.252 e. The second kappa shape index (κ2) is 8.76. The molecule has 13 heteroatoms. The van der Waals surface area contributed by atoms with Crippen LogP contribution < -0.4 is 10.6 Å². The van der Waals surface area contributed by atoms with E-state index in [2.05, 4.69) is 16.2 Å². The summed E-state index contributed by atoms with van der Waals surface area (Å²) in [6.45, 7) is 4.94. The van der Waals surface area contributed by atoms with E-state index in [4.69, 9.17) is 17.3 Å². The first-order valence-electron chi connectivity index (χ1n) is 10.9. The second-order valence-corrected chi connectivity index (χ2v) is 11.8. The predicted molar refractivity (Wildman–Crippen MR) is 135 cm³/mol. The molecule has 1 aliphatic rings. The molecule has 0 aliphatic carbocycles. The zero-order valence-electron chi connectivity index (χ0n) is 20.1. The lowest BCUT2D eigenvalue weighted by atomic mass is 9.93. The van der Waals surface area contributed by atoms with E-state index >= 15 is 0 Å². The number of rotatable bonds is 4. The molecule has 2 N–H and O–H groups in total. The van der Waals surface area contributed by atoms with Crippen molar-refractivity contribution in [3.8, 4) is 17.3 Å². The summed E-state index contributed by atoms with van der Waals surface area (Å²) < 4.78 is 25.0. The van der Waals surface area contributed by atoms with E-state index in [0.717, 1.165) is 6.26 Å². The average Bonchev–Trinajstić information content (AvgIpc) is 3.13. The second-order valence-electron chi connectivity index (χ2n) is 9.28. The van der Waals surface area contributed by atoms with Crippen LogP contribution in [0.3, 0.4) is 0 Å². The van der Waals surface area contributed by atoms with E-state index in [1.165, 1.54) is 20.6 Å². The molecular weight excluding hydrogens is 506 g/mol. The number of piperazine rings is 1. The minimum absolute atomic E-state index is 0.0891. The lowest BCUT2D eigenvalue weighted by Gasteiger charge is -2.49. The monoisotopic (exact) mass is 529 g/mol. The topological polar surface area (TPSA) is 155 Å². The Morgan fingerprint density at radius 1 is 1.33 bits per heavy atom. The van der Waals surface area contributed by atoms with Gasteiger partial charge < -0.3 is 15.5 Å². The van der Waals surface area contributed by atoms with Crippen molar-refractivity contribution in [1.82, 2.24) is 19.5 Å². The van der Waals surface area contributed by atoms with Gasteiger partial charge in [-0.15, -0.1) is 0 Å². The van der Waals surface area contributed by atoms with E-state index in [0.29, 0.717) is 27.5 Å². The van der Waals surface area contributed by atoms with Crippen molar-refractivity contribution in [1.29, 1.82) is 5.26 Å². The molecule has 4 rings (SSSR count). The van der Waals surface area contributed by atoms with Crippen LogP contribution in [0.15, 0.2) is 30.6 Å². The molecule has 0 radical (unpaired) electrons. The van der Waals surface area contributed by atoms with Crippen LogP contribution in [0.25, 0.3) is 16.8 Å². The number of benzene rings is 1. The van der Waals surface area contributed by atoms with E-state index in [1.807, 2.05) is 0 Å². The van der Waals surface area contributed by atoms with E-state index in [9.17, 15) is 23.3 Å². The third-order valence-corrected chi connectivity index (χ3v) is 7.26. The molecule has 1 saturated heterocycles. The predicted octanol–water partition coefficient (Wildman–Crippen LogP) is 1.89. The Kier molecular flexibility index (Phi) is 6.18.